The highest BCUT2D eigenvalue weighted by Crippen LogP contribution is 2.33. The van der Waals surface area contributed by atoms with Crippen molar-refractivity contribution in [2.24, 2.45) is 0 Å². The van der Waals surface area contributed by atoms with Crippen LogP contribution >= 0.6 is 34.5 Å². The standard InChI is InChI=1S/C18H13Cl2NO2S/c19-13-5-3-4-11(17(13)20)10-12(8-9-16(22)23)18-21-14-6-1-2-7-15(14)24-18/h1-7,10H,8-9H2,(H,22,23)/b12-10+. The third-order valence-electron chi connectivity index (χ3n) is 3.49. The predicted molar refractivity (Wildman–Crippen MR) is 101 cm³/mol. The average Bonchev–Trinajstić information content (AvgIpc) is 2.99. The third-order valence-corrected chi connectivity index (χ3v) is 5.43. The van der Waals surface area contributed by atoms with E-state index in [0.717, 1.165) is 26.4 Å². The lowest BCUT2D eigenvalue weighted by molar-refractivity contribution is -0.136. The van der Waals surface area contributed by atoms with Crippen molar-refractivity contribution in [3.63, 3.8) is 0 Å². The lowest BCUT2D eigenvalue weighted by atomic mass is 10.1. The van der Waals surface area contributed by atoms with Gasteiger partial charge in [-0.25, -0.2) is 4.98 Å². The molecule has 1 heterocycles. The zero-order valence-corrected chi connectivity index (χ0v) is 14.8. The summed E-state index contributed by atoms with van der Waals surface area (Å²) in [5.41, 5.74) is 2.49. The van der Waals surface area contributed by atoms with E-state index in [2.05, 4.69) is 4.98 Å². The largest absolute Gasteiger partial charge is 0.481 e. The summed E-state index contributed by atoms with van der Waals surface area (Å²) in [6, 6.07) is 13.2. The molecule has 24 heavy (non-hydrogen) atoms. The minimum Gasteiger partial charge on any atom is -0.481 e. The van der Waals surface area contributed by atoms with Crippen molar-refractivity contribution in [1.82, 2.24) is 4.98 Å². The molecule has 0 aliphatic rings. The fourth-order valence-corrected chi connectivity index (χ4v) is 3.68. The Morgan fingerprint density at radius 1 is 1.12 bits per heavy atom. The Balaban J connectivity index is 2.06. The van der Waals surface area contributed by atoms with Crippen LogP contribution in [0.3, 0.4) is 0 Å². The van der Waals surface area contributed by atoms with Crippen molar-refractivity contribution >= 4 is 62.4 Å². The maximum atomic E-state index is 11.0. The SMILES string of the molecule is O=C(O)CC/C(=C\c1cccc(Cl)c1Cl)c1nc2ccccc2s1. The van der Waals surface area contributed by atoms with Crippen LogP contribution in [0, 0.1) is 0 Å². The van der Waals surface area contributed by atoms with Crippen molar-refractivity contribution in [2.45, 2.75) is 12.8 Å². The van der Waals surface area contributed by atoms with Crippen molar-refractivity contribution in [3.8, 4) is 0 Å². The number of hydrogen-bond donors (Lipinski definition) is 1. The Bertz CT molecular complexity index is 901. The van der Waals surface area contributed by atoms with E-state index >= 15 is 0 Å². The first-order chi connectivity index (χ1) is 11.5. The highest BCUT2D eigenvalue weighted by atomic mass is 35.5. The summed E-state index contributed by atoms with van der Waals surface area (Å²) >= 11 is 13.9. The molecule has 0 atom stereocenters. The van der Waals surface area contributed by atoms with Gasteiger partial charge >= 0.3 is 5.97 Å². The molecule has 3 rings (SSSR count). The minimum atomic E-state index is -0.848. The van der Waals surface area contributed by atoms with Crippen molar-refractivity contribution in [3.05, 3.63) is 63.1 Å². The summed E-state index contributed by atoms with van der Waals surface area (Å²) in [6.45, 7) is 0. The number of halogens is 2. The molecule has 1 N–H and O–H groups in total. The first-order valence-corrected chi connectivity index (χ1v) is 8.84. The second kappa shape index (κ2) is 7.34. The molecular formula is C18H13Cl2NO2S. The number of aromatic nitrogens is 1. The average molecular weight is 378 g/mol. The van der Waals surface area contributed by atoms with E-state index in [-0.39, 0.29) is 6.42 Å². The van der Waals surface area contributed by atoms with Crippen molar-refractivity contribution < 1.29 is 9.90 Å². The molecule has 1 aromatic heterocycles. The summed E-state index contributed by atoms with van der Waals surface area (Å²) in [4.78, 5) is 15.6. The van der Waals surface area contributed by atoms with Crippen LogP contribution in [0.1, 0.15) is 23.4 Å². The van der Waals surface area contributed by atoms with Gasteiger partial charge < -0.3 is 5.11 Å². The molecule has 6 heteroatoms. The monoisotopic (exact) mass is 377 g/mol. The first kappa shape index (κ1) is 17.0. The summed E-state index contributed by atoms with van der Waals surface area (Å²) in [7, 11) is 0. The molecule has 0 aliphatic heterocycles. The molecule has 3 nitrogen and oxygen atoms in total. The van der Waals surface area contributed by atoms with Gasteiger partial charge in [-0.15, -0.1) is 11.3 Å². The molecule has 2 aromatic carbocycles. The van der Waals surface area contributed by atoms with E-state index in [9.17, 15) is 4.79 Å². The van der Waals surface area contributed by atoms with Crippen LogP contribution in [0.2, 0.25) is 10.0 Å². The molecule has 0 unspecified atom stereocenters. The van der Waals surface area contributed by atoms with Crippen LogP contribution in [0.4, 0.5) is 0 Å². The number of nitrogens with zero attached hydrogens (tertiary/aromatic N) is 1. The van der Waals surface area contributed by atoms with Gasteiger partial charge in [-0.1, -0.05) is 47.5 Å². The van der Waals surface area contributed by atoms with E-state index in [0.29, 0.717) is 16.5 Å². The van der Waals surface area contributed by atoms with E-state index in [1.165, 1.54) is 11.3 Å². The van der Waals surface area contributed by atoms with Gasteiger partial charge in [0.25, 0.3) is 0 Å². The summed E-state index contributed by atoms with van der Waals surface area (Å²) in [5, 5.41) is 10.7. The number of fused-ring (bicyclic) bond motifs is 1. The Morgan fingerprint density at radius 3 is 2.67 bits per heavy atom. The van der Waals surface area contributed by atoms with E-state index in [4.69, 9.17) is 28.3 Å². The van der Waals surface area contributed by atoms with Crippen LogP contribution in [0.15, 0.2) is 42.5 Å². The van der Waals surface area contributed by atoms with Gasteiger partial charge in [-0.3, -0.25) is 4.79 Å². The van der Waals surface area contributed by atoms with Gasteiger partial charge in [0.15, 0.2) is 0 Å². The summed E-state index contributed by atoms with van der Waals surface area (Å²) in [5.74, 6) is -0.848. The summed E-state index contributed by atoms with van der Waals surface area (Å²) in [6.07, 6.45) is 2.27. The molecule has 0 bridgehead atoms. The molecular weight excluding hydrogens is 365 g/mol. The Kier molecular flexibility index (Phi) is 5.19. The van der Waals surface area contributed by atoms with Crippen LogP contribution in [-0.2, 0) is 4.79 Å². The highest BCUT2D eigenvalue weighted by Gasteiger charge is 2.12. The predicted octanol–water partition coefficient (Wildman–Crippen LogP) is 6.01. The number of carbonyl (C=O) groups is 1. The Labute approximate surface area is 153 Å². The number of carboxylic acid groups (broad SMARTS) is 1. The second-order valence-electron chi connectivity index (χ2n) is 5.19. The zero-order chi connectivity index (χ0) is 17.1. The lowest BCUT2D eigenvalue weighted by Crippen LogP contribution is -1.95. The maximum Gasteiger partial charge on any atom is 0.303 e. The van der Waals surface area contributed by atoms with Gasteiger partial charge in [0.2, 0.25) is 0 Å². The highest BCUT2D eigenvalue weighted by molar-refractivity contribution is 7.19. The number of rotatable bonds is 5. The van der Waals surface area contributed by atoms with Gasteiger partial charge in [0, 0.05) is 6.42 Å². The van der Waals surface area contributed by atoms with Crippen LogP contribution in [-0.4, -0.2) is 16.1 Å². The number of para-hydroxylation sites is 1. The smallest absolute Gasteiger partial charge is 0.303 e. The molecule has 0 fully saturated rings. The van der Waals surface area contributed by atoms with Crippen molar-refractivity contribution in [2.75, 3.05) is 0 Å². The fourth-order valence-electron chi connectivity index (χ4n) is 2.31. The van der Waals surface area contributed by atoms with Crippen LogP contribution in [0.25, 0.3) is 21.9 Å². The molecule has 0 amide bonds. The van der Waals surface area contributed by atoms with Crippen LogP contribution in [0.5, 0.6) is 0 Å². The van der Waals surface area contributed by atoms with E-state index in [1.54, 1.807) is 6.07 Å². The molecule has 122 valence electrons. The van der Waals surface area contributed by atoms with Crippen LogP contribution < -0.4 is 0 Å². The second-order valence-corrected chi connectivity index (χ2v) is 7.01. The fraction of sp³-hybridized carbons (Fsp3) is 0.111. The Hall–Kier alpha value is -1.88. The topological polar surface area (TPSA) is 50.2 Å². The van der Waals surface area contributed by atoms with Gasteiger partial charge in [0.1, 0.15) is 5.01 Å². The van der Waals surface area contributed by atoms with Gasteiger partial charge in [-0.2, -0.15) is 0 Å². The quantitative estimate of drug-likeness (QED) is 0.592. The number of aliphatic carboxylic acids is 1. The summed E-state index contributed by atoms with van der Waals surface area (Å²) < 4.78 is 1.06. The number of allylic oxidation sites excluding steroid dienone is 1. The third kappa shape index (κ3) is 3.78. The number of carboxylic acids is 1. The maximum absolute atomic E-state index is 11.0. The number of hydrogen-bond acceptors (Lipinski definition) is 3. The normalized spacial score (nSPS) is 11.8. The molecule has 0 spiro atoms. The van der Waals surface area contributed by atoms with E-state index < -0.39 is 5.97 Å². The molecule has 0 radical (unpaired) electrons. The van der Waals surface area contributed by atoms with E-state index in [1.807, 2.05) is 42.5 Å². The molecule has 3 aromatic rings. The molecule has 0 saturated heterocycles. The lowest BCUT2D eigenvalue weighted by Gasteiger charge is -2.05. The first-order valence-electron chi connectivity index (χ1n) is 7.27. The molecule has 0 saturated carbocycles. The van der Waals surface area contributed by atoms with Gasteiger partial charge in [0.05, 0.1) is 20.3 Å². The number of thiazole rings is 1. The number of benzene rings is 2. The minimum absolute atomic E-state index is 0.0277. The van der Waals surface area contributed by atoms with Crippen molar-refractivity contribution in [1.29, 1.82) is 0 Å². The Morgan fingerprint density at radius 2 is 1.92 bits per heavy atom. The molecule has 0 aliphatic carbocycles. The van der Waals surface area contributed by atoms with Gasteiger partial charge in [-0.05, 0) is 41.8 Å². The zero-order valence-electron chi connectivity index (χ0n) is 12.5.